The van der Waals surface area contributed by atoms with E-state index in [4.69, 9.17) is 0 Å². The van der Waals surface area contributed by atoms with Crippen molar-refractivity contribution in [1.29, 1.82) is 0 Å². The number of nitrogens with one attached hydrogen (secondary N) is 3. The van der Waals surface area contributed by atoms with Crippen molar-refractivity contribution < 1.29 is 4.79 Å². The molecule has 1 atom stereocenters. The van der Waals surface area contributed by atoms with Crippen LogP contribution in [0.3, 0.4) is 0 Å². The summed E-state index contributed by atoms with van der Waals surface area (Å²) in [5.41, 5.74) is 1.04. The van der Waals surface area contributed by atoms with Gasteiger partial charge in [0.25, 0.3) is 0 Å². The van der Waals surface area contributed by atoms with Crippen molar-refractivity contribution in [1.82, 2.24) is 15.5 Å². The SMILES string of the molecule is CC(C)(C)c1cc(NC(=O)C2CCCN2)n[nH]1. The average Bonchev–Trinajstić information content (AvgIpc) is 2.85. The van der Waals surface area contributed by atoms with E-state index in [1.807, 2.05) is 6.07 Å². The van der Waals surface area contributed by atoms with E-state index in [9.17, 15) is 4.79 Å². The van der Waals surface area contributed by atoms with Crippen LogP contribution >= 0.6 is 0 Å². The Bertz CT molecular complexity index is 399. The second kappa shape index (κ2) is 4.49. The Morgan fingerprint density at radius 3 is 2.82 bits per heavy atom. The third-order valence-corrected chi connectivity index (χ3v) is 3.01. The van der Waals surface area contributed by atoms with Crippen molar-refractivity contribution in [3.8, 4) is 0 Å². The molecule has 1 amide bonds. The topological polar surface area (TPSA) is 69.8 Å². The fraction of sp³-hybridized carbons (Fsp3) is 0.667. The zero-order chi connectivity index (χ0) is 12.5. The van der Waals surface area contributed by atoms with Crippen molar-refractivity contribution in [3.05, 3.63) is 11.8 Å². The summed E-state index contributed by atoms with van der Waals surface area (Å²) in [6.07, 6.45) is 1.97. The van der Waals surface area contributed by atoms with E-state index in [2.05, 4.69) is 41.6 Å². The normalized spacial score (nSPS) is 20.5. The highest BCUT2D eigenvalue weighted by Crippen LogP contribution is 2.22. The molecule has 0 aromatic carbocycles. The molecular formula is C12H20N4O. The van der Waals surface area contributed by atoms with Gasteiger partial charge < -0.3 is 10.6 Å². The van der Waals surface area contributed by atoms with Gasteiger partial charge in [0.15, 0.2) is 5.82 Å². The van der Waals surface area contributed by atoms with Crippen LogP contribution in [0.2, 0.25) is 0 Å². The highest BCUT2D eigenvalue weighted by Gasteiger charge is 2.23. The van der Waals surface area contributed by atoms with Crippen LogP contribution in [0.1, 0.15) is 39.3 Å². The first-order valence-electron chi connectivity index (χ1n) is 6.07. The first kappa shape index (κ1) is 12.1. The maximum absolute atomic E-state index is 11.8. The van der Waals surface area contributed by atoms with Gasteiger partial charge in [-0.15, -0.1) is 0 Å². The molecule has 1 aromatic heterocycles. The number of carbonyl (C=O) groups excluding carboxylic acids is 1. The van der Waals surface area contributed by atoms with E-state index in [1.54, 1.807) is 0 Å². The lowest BCUT2D eigenvalue weighted by molar-refractivity contribution is -0.117. The number of hydrogen-bond acceptors (Lipinski definition) is 3. The molecule has 1 saturated heterocycles. The van der Waals surface area contributed by atoms with Gasteiger partial charge in [-0.1, -0.05) is 20.8 Å². The van der Waals surface area contributed by atoms with Crippen LogP contribution in [0.5, 0.6) is 0 Å². The van der Waals surface area contributed by atoms with Gasteiger partial charge in [-0.05, 0) is 19.4 Å². The first-order valence-corrected chi connectivity index (χ1v) is 6.07. The van der Waals surface area contributed by atoms with E-state index in [1.165, 1.54) is 0 Å². The van der Waals surface area contributed by atoms with Gasteiger partial charge in [0, 0.05) is 17.2 Å². The smallest absolute Gasteiger partial charge is 0.242 e. The Morgan fingerprint density at radius 2 is 2.29 bits per heavy atom. The van der Waals surface area contributed by atoms with Crippen molar-refractivity contribution >= 4 is 11.7 Å². The number of hydrogen-bond donors (Lipinski definition) is 3. The number of aromatic amines is 1. The first-order chi connectivity index (χ1) is 7.97. The molecule has 5 nitrogen and oxygen atoms in total. The summed E-state index contributed by atoms with van der Waals surface area (Å²) in [6.45, 7) is 7.23. The summed E-state index contributed by atoms with van der Waals surface area (Å²) in [5.74, 6) is 0.614. The summed E-state index contributed by atoms with van der Waals surface area (Å²) in [5, 5.41) is 13.1. The predicted molar refractivity (Wildman–Crippen MR) is 66.9 cm³/mol. The Hall–Kier alpha value is -1.36. The van der Waals surface area contributed by atoms with Crippen LogP contribution in [0, 0.1) is 0 Å². The molecule has 17 heavy (non-hydrogen) atoms. The van der Waals surface area contributed by atoms with E-state index < -0.39 is 0 Å². The molecule has 1 aliphatic heterocycles. The summed E-state index contributed by atoms with van der Waals surface area (Å²) in [4.78, 5) is 11.8. The zero-order valence-electron chi connectivity index (χ0n) is 10.6. The standard InChI is InChI=1S/C12H20N4O/c1-12(2,3)9-7-10(16-15-9)14-11(17)8-5-4-6-13-8/h7-8,13H,4-6H2,1-3H3,(H2,14,15,16,17). The number of nitrogens with zero attached hydrogens (tertiary/aromatic N) is 1. The molecule has 5 heteroatoms. The second-order valence-electron chi connectivity index (χ2n) is 5.56. The maximum Gasteiger partial charge on any atom is 0.242 e. The predicted octanol–water partition coefficient (Wildman–Crippen LogP) is 1.40. The molecule has 94 valence electrons. The van der Waals surface area contributed by atoms with E-state index in [0.717, 1.165) is 25.1 Å². The Balaban J connectivity index is 1.99. The quantitative estimate of drug-likeness (QED) is 0.727. The van der Waals surface area contributed by atoms with Crippen LogP contribution in [0.15, 0.2) is 6.07 Å². The number of H-pyrrole nitrogens is 1. The lowest BCUT2D eigenvalue weighted by atomic mass is 9.92. The van der Waals surface area contributed by atoms with Crippen LogP contribution in [-0.4, -0.2) is 28.7 Å². The minimum Gasteiger partial charge on any atom is -0.308 e. The maximum atomic E-state index is 11.8. The second-order valence-corrected chi connectivity index (χ2v) is 5.56. The van der Waals surface area contributed by atoms with Gasteiger partial charge in [-0.3, -0.25) is 9.89 Å². The van der Waals surface area contributed by atoms with Gasteiger partial charge in [0.05, 0.1) is 6.04 Å². The number of amides is 1. The number of anilines is 1. The molecule has 2 rings (SSSR count). The third kappa shape index (κ3) is 2.85. The Labute approximate surface area is 101 Å². The van der Waals surface area contributed by atoms with Gasteiger partial charge in [-0.25, -0.2) is 0 Å². The van der Waals surface area contributed by atoms with Crippen LogP contribution < -0.4 is 10.6 Å². The molecule has 1 aromatic rings. The van der Waals surface area contributed by atoms with Gasteiger partial charge in [0.1, 0.15) is 0 Å². The Kier molecular flexibility index (Phi) is 3.19. The summed E-state index contributed by atoms with van der Waals surface area (Å²) in [7, 11) is 0. The summed E-state index contributed by atoms with van der Waals surface area (Å²) >= 11 is 0. The van der Waals surface area contributed by atoms with Gasteiger partial charge in [0.2, 0.25) is 5.91 Å². The van der Waals surface area contributed by atoms with Crippen LogP contribution in [0.4, 0.5) is 5.82 Å². The molecule has 0 radical (unpaired) electrons. The summed E-state index contributed by atoms with van der Waals surface area (Å²) in [6, 6.07) is 1.83. The van der Waals surface area contributed by atoms with Crippen molar-refractivity contribution in [2.45, 2.75) is 45.1 Å². The molecule has 1 unspecified atom stereocenters. The van der Waals surface area contributed by atoms with Crippen molar-refractivity contribution in [2.24, 2.45) is 0 Å². The third-order valence-electron chi connectivity index (χ3n) is 3.01. The van der Waals surface area contributed by atoms with Crippen molar-refractivity contribution in [3.63, 3.8) is 0 Å². The lowest BCUT2D eigenvalue weighted by Crippen LogP contribution is -2.35. The lowest BCUT2D eigenvalue weighted by Gasteiger charge is -2.14. The molecule has 0 spiro atoms. The summed E-state index contributed by atoms with van der Waals surface area (Å²) < 4.78 is 0. The van der Waals surface area contributed by atoms with E-state index in [0.29, 0.717) is 5.82 Å². The monoisotopic (exact) mass is 236 g/mol. The average molecular weight is 236 g/mol. The van der Waals surface area contributed by atoms with E-state index in [-0.39, 0.29) is 17.4 Å². The highest BCUT2D eigenvalue weighted by molar-refractivity contribution is 5.94. The van der Waals surface area contributed by atoms with E-state index >= 15 is 0 Å². The Morgan fingerprint density at radius 1 is 1.53 bits per heavy atom. The molecule has 0 saturated carbocycles. The fourth-order valence-electron chi connectivity index (χ4n) is 1.89. The fourth-order valence-corrected chi connectivity index (χ4v) is 1.89. The molecule has 1 aliphatic rings. The number of carbonyl (C=O) groups is 1. The molecule has 3 N–H and O–H groups in total. The number of rotatable bonds is 2. The number of aromatic nitrogens is 2. The zero-order valence-corrected chi connectivity index (χ0v) is 10.6. The largest absolute Gasteiger partial charge is 0.308 e. The molecule has 2 heterocycles. The van der Waals surface area contributed by atoms with Crippen molar-refractivity contribution in [2.75, 3.05) is 11.9 Å². The van der Waals surface area contributed by atoms with Gasteiger partial charge in [-0.2, -0.15) is 5.10 Å². The minimum atomic E-state index is -0.0650. The molecule has 0 bridgehead atoms. The minimum absolute atomic E-state index is 0.00876. The van der Waals surface area contributed by atoms with Gasteiger partial charge >= 0.3 is 0 Å². The molecular weight excluding hydrogens is 216 g/mol. The van der Waals surface area contributed by atoms with Crippen LogP contribution in [-0.2, 0) is 10.2 Å². The van der Waals surface area contributed by atoms with Crippen LogP contribution in [0.25, 0.3) is 0 Å². The molecule has 1 fully saturated rings. The molecule has 0 aliphatic carbocycles. The highest BCUT2D eigenvalue weighted by atomic mass is 16.2.